The molecule has 4 rings (SSSR count). The van der Waals surface area contributed by atoms with E-state index in [9.17, 15) is 9.59 Å². The number of carbonyl (C=O) groups excluding carboxylic acids is 2. The Morgan fingerprint density at radius 2 is 1.63 bits per heavy atom. The Kier molecular flexibility index (Phi) is 5.93. The minimum absolute atomic E-state index is 0.250. The van der Waals surface area contributed by atoms with Crippen LogP contribution in [0.1, 0.15) is 16.7 Å². The van der Waals surface area contributed by atoms with Gasteiger partial charge in [-0.3, -0.25) is 9.69 Å². The van der Waals surface area contributed by atoms with Crippen LogP contribution >= 0.6 is 23.4 Å². The van der Waals surface area contributed by atoms with Crippen LogP contribution in [0.5, 0.6) is 0 Å². The summed E-state index contributed by atoms with van der Waals surface area (Å²) < 4.78 is 0. The van der Waals surface area contributed by atoms with Crippen molar-refractivity contribution in [3.63, 3.8) is 0 Å². The molecule has 4 nitrogen and oxygen atoms in total. The largest absolute Gasteiger partial charge is 0.329 e. The summed E-state index contributed by atoms with van der Waals surface area (Å²) in [7, 11) is 0. The number of rotatable bonds is 5. The van der Waals surface area contributed by atoms with Gasteiger partial charge < -0.3 is 5.32 Å². The summed E-state index contributed by atoms with van der Waals surface area (Å²) in [4.78, 5) is 28.4. The second-order valence-corrected chi connectivity index (χ2v) is 8.58. The second kappa shape index (κ2) is 8.78. The van der Waals surface area contributed by atoms with Crippen LogP contribution in [0.15, 0.2) is 88.3 Å². The third kappa shape index (κ3) is 4.75. The first-order chi connectivity index (χ1) is 14.5. The first-order valence-corrected chi connectivity index (χ1v) is 10.6. The molecule has 0 spiro atoms. The average Bonchev–Trinajstić information content (AvgIpc) is 2.99. The van der Waals surface area contributed by atoms with Gasteiger partial charge in [0.25, 0.3) is 5.91 Å². The van der Waals surface area contributed by atoms with Crippen LogP contribution in [0, 0.1) is 6.92 Å². The monoisotopic (exact) mass is 434 g/mol. The van der Waals surface area contributed by atoms with Crippen molar-refractivity contribution in [1.82, 2.24) is 10.2 Å². The Bertz CT molecular complexity index is 1120. The van der Waals surface area contributed by atoms with Crippen molar-refractivity contribution in [2.45, 2.75) is 23.3 Å². The van der Waals surface area contributed by atoms with Gasteiger partial charge in [0.2, 0.25) is 0 Å². The number of benzene rings is 3. The predicted molar refractivity (Wildman–Crippen MR) is 120 cm³/mol. The number of nitrogens with zero attached hydrogens (tertiary/aromatic N) is 1. The highest BCUT2D eigenvalue weighted by Crippen LogP contribution is 2.29. The molecule has 30 heavy (non-hydrogen) atoms. The summed E-state index contributed by atoms with van der Waals surface area (Å²) in [5.74, 6) is -0.318. The fourth-order valence-corrected chi connectivity index (χ4v) is 4.09. The van der Waals surface area contributed by atoms with Crippen LogP contribution < -0.4 is 5.32 Å². The molecule has 1 aliphatic heterocycles. The molecule has 0 aromatic heterocycles. The van der Waals surface area contributed by atoms with E-state index < -0.39 is 6.03 Å². The van der Waals surface area contributed by atoms with Crippen molar-refractivity contribution in [2.24, 2.45) is 0 Å². The molecule has 1 N–H and O–H groups in total. The molecule has 0 atom stereocenters. The fraction of sp³-hybridized carbons (Fsp3) is 0.0833. The minimum Gasteiger partial charge on any atom is -0.303 e. The van der Waals surface area contributed by atoms with Crippen molar-refractivity contribution in [2.75, 3.05) is 0 Å². The lowest BCUT2D eigenvalue weighted by atomic mass is 10.1. The molecule has 0 aliphatic carbocycles. The number of imide groups is 1. The van der Waals surface area contributed by atoms with Crippen LogP contribution in [0.3, 0.4) is 0 Å². The topological polar surface area (TPSA) is 49.4 Å². The Morgan fingerprint density at radius 3 is 2.30 bits per heavy atom. The molecular formula is C24H19ClN2O2S. The lowest BCUT2D eigenvalue weighted by Crippen LogP contribution is -2.30. The molecular weight excluding hydrogens is 416 g/mol. The summed E-state index contributed by atoms with van der Waals surface area (Å²) >= 11 is 7.55. The van der Waals surface area contributed by atoms with Crippen molar-refractivity contribution in [3.8, 4) is 0 Å². The van der Waals surface area contributed by atoms with Gasteiger partial charge in [-0.25, -0.2) is 4.79 Å². The van der Waals surface area contributed by atoms with Gasteiger partial charge in [0.1, 0.15) is 5.70 Å². The lowest BCUT2D eigenvalue weighted by molar-refractivity contribution is -0.123. The van der Waals surface area contributed by atoms with E-state index in [2.05, 4.69) is 5.32 Å². The molecule has 1 heterocycles. The van der Waals surface area contributed by atoms with Gasteiger partial charge in [-0.05, 0) is 60.5 Å². The number of carbonyl (C=O) groups is 2. The molecule has 0 saturated carbocycles. The van der Waals surface area contributed by atoms with Gasteiger partial charge >= 0.3 is 6.03 Å². The predicted octanol–water partition coefficient (Wildman–Crippen LogP) is 5.89. The zero-order valence-electron chi connectivity index (χ0n) is 16.3. The molecule has 1 aliphatic rings. The zero-order chi connectivity index (χ0) is 21.1. The van der Waals surface area contributed by atoms with Gasteiger partial charge in [-0.2, -0.15) is 0 Å². The van der Waals surface area contributed by atoms with Gasteiger partial charge in [0.05, 0.1) is 6.54 Å². The number of nitrogens with one attached hydrogen (secondary N) is 1. The highest BCUT2D eigenvalue weighted by atomic mass is 35.5. The van der Waals surface area contributed by atoms with E-state index in [1.165, 1.54) is 4.90 Å². The quantitative estimate of drug-likeness (QED) is 0.402. The standard InChI is InChI=1S/C24H19ClN2O2S/c1-16-3-2-4-18(13-16)15-27-23(28)22(26-24(27)29)14-17-5-9-20(10-6-17)30-21-11-7-19(25)8-12-21/h2-14H,15H2,1H3,(H,26,29). The van der Waals surface area contributed by atoms with Gasteiger partial charge in [-0.15, -0.1) is 0 Å². The Balaban J connectivity index is 1.45. The van der Waals surface area contributed by atoms with Gasteiger partial charge in [0, 0.05) is 14.8 Å². The van der Waals surface area contributed by atoms with Crippen molar-refractivity contribution in [1.29, 1.82) is 0 Å². The highest BCUT2D eigenvalue weighted by molar-refractivity contribution is 7.99. The number of hydrogen-bond acceptors (Lipinski definition) is 3. The van der Waals surface area contributed by atoms with Gasteiger partial charge in [0.15, 0.2) is 0 Å². The number of halogens is 1. The van der Waals surface area contributed by atoms with Crippen LogP contribution in [0.25, 0.3) is 6.08 Å². The molecule has 0 radical (unpaired) electrons. The molecule has 3 aromatic carbocycles. The van der Waals surface area contributed by atoms with E-state index >= 15 is 0 Å². The van der Waals surface area contributed by atoms with Crippen LogP contribution in [-0.2, 0) is 11.3 Å². The Labute approximate surface area is 184 Å². The van der Waals surface area contributed by atoms with Crippen molar-refractivity contribution < 1.29 is 9.59 Å². The Hall–Kier alpha value is -3.02. The van der Waals surface area contributed by atoms with Crippen molar-refractivity contribution >= 4 is 41.4 Å². The number of amides is 3. The molecule has 0 bridgehead atoms. The van der Waals surface area contributed by atoms with Crippen molar-refractivity contribution in [3.05, 3.63) is 100 Å². The zero-order valence-corrected chi connectivity index (χ0v) is 17.8. The first kappa shape index (κ1) is 20.3. The van der Waals surface area contributed by atoms with Crippen LogP contribution in [-0.4, -0.2) is 16.8 Å². The van der Waals surface area contributed by atoms with Crippen LogP contribution in [0.2, 0.25) is 5.02 Å². The molecule has 1 fully saturated rings. The first-order valence-electron chi connectivity index (χ1n) is 9.41. The maximum absolute atomic E-state index is 12.7. The molecule has 6 heteroatoms. The average molecular weight is 435 g/mol. The van der Waals surface area contributed by atoms with E-state index in [4.69, 9.17) is 11.6 Å². The fourth-order valence-electron chi connectivity index (χ4n) is 3.15. The SMILES string of the molecule is Cc1cccc(CN2C(=O)NC(=Cc3ccc(Sc4ccc(Cl)cc4)cc3)C2=O)c1. The summed E-state index contributed by atoms with van der Waals surface area (Å²) in [6.45, 7) is 2.23. The molecule has 3 aromatic rings. The third-order valence-electron chi connectivity index (χ3n) is 4.63. The summed E-state index contributed by atoms with van der Waals surface area (Å²) in [6, 6.07) is 22.9. The summed E-state index contributed by atoms with van der Waals surface area (Å²) in [6.07, 6.45) is 1.70. The molecule has 0 unspecified atom stereocenters. The smallest absolute Gasteiger partial charge is 0.303 e. The van der Waals surface area contributed by atoms with Gasteiger partial charge in [-0.1, -0.05) is 65.3 Å². The summed E-state index contributed by atoms with van der Waals surface area (Å²) in [5, 5.41) is 3.39. The Morgan fingerprint density at radius 1 is 0.967 bits per heavy atom. The molecule has 3 amide bonds. The van der Waals surface area contributed by atoms with E-state index in [0.717, 1.165) is 26.5 Å². The third-order valence-corrected chi connectivity index (χ3v) is 5.89. The van der Waals surface area contributed by atoms with E-state index in [1.807, 2.05) is 79.7 Å². The highest BCUT2D eigenvalue weighted by Gasteiger charge is 2.33. The van der Waals surface area contributed by atoms with E-state index in [1.54, 1.807) is 17.8 Å². The van der Waals surface area contributed by atoms with Crippen LogP contribution in [0.4, 0.5) is 4.79 Å². The number of hydrogen-bond donors (Lipinski definition) is 1. The molecule has 1 saturated heterocycles. The maximum Gasteiger partial charge on any atom is 0.329 e. The van der Waals surface area contributed by atoms with E-state index in [0.29, 0.717) is 5.02 Å². The number of urea groups is 1. The second-order valence-electron chi connectivity index (χ2n) is 6.99. The number of aryl methyl sites for hydroxylation is 1. The maximum atomic E-state index is 12.7. The van der Waals surface area contributed by atoms with E-state index in [-0.39, 0.29) is 18.1 Å². The molecule has 150 valence electrons. The lowest BCUT2D eigenvalue weighted by Gasteiger charge is -2.12. The summed E-state index contributed by atoms with van der Waals surface area (Å²) in [5.41, 5.74) is 3.14. The normalized spacial score (nSPS) is 15.0. The minimum atomic E-state index is -0.400.